The minimum Gasteiger partial charge on any atom is -0.497 e. The summed E-state index contributed by atoms with van der Waals surface area (Å²) < 4.78 is 6.79. The number of rotatable bonds is 8. The van der Waals surface area contributed by atoms with Crippen molar-refractivity contribution < 1.29 is 9.53 Å². The van der Waals surface area contributed by atoms with Gasteiger partial charge in [-0.1, -0.05) is 30.3 Å². The molecule has 1 saturated carbocycles. The number of nitrogens with one attached hydrogen (secondary N) is 1. The molecule has 0 saturated heterocycles. The number of methoxy groups -OCH3 is 1. The van der Waals surface area contributed by atoms with Crippen LogP contribution in [-0.4, -0.2) is 52.6 Å². The second kappa shape index (κ2) is 9.91. The van der Waals surface area contributed by atoms with Crippen LogP contribution in [0.5, 0.6) is 5.75 Å². The number of aromatic nitrogens is 3. The van der Waals surface area contributed by atoms with E-state index in [1.165, 1.54) is 10.1 Å². The summed E-state index contributed by atoms with van der Waals surface area (Å²) in [7, 11) is 5.63. The lowest BCUT2D eigenvalue weighted by molar-refractivity contribution is -0.121. The van der Waals surface area contributed by atoms with E-state index < -0.39 is 0 Å². The van der Waals surface area contributed by atoms with Crippen LogP contribution in [0.4, 0.5) is 0 Å². The van der Waals surface area contributed by atoms with E-state index in [1.807, 2.05) is 50.5 Å². The zero-order valence-corrected chi connectivity index (χ0v) is 20.7. The molecule has 1 N–H and O–H groups in total. The van der Waals surface area contributed by atoms with Gasteiger partial charge in [0.25, 0.3) is 5.56 Å². The number of nitrogens with zero attached hydrogens (tertiary/aromatic N) is 4. The highest BCUT2D eigenvalue weighted by molar-refractivity contribution is 5.83. The van der Waals surface area contributed by atoms with Crippen molar-refractivity contribution in [3.05, 3.63) is 76.7 Å². The van der Waals surface area contributed by atoms with Crippen molar-refractivity contribution in [1.29, 1.82) is 0 Å². The fourth-order valence-corrected chi connectivity index (χ4v) is 4.25. The van der Waals surface area contributed by atoms with E-state index in [1.54, 1.807) is 19.4 Å². The number of benzene rings is 2. The number of fused-ring (bicyclic) bond motifs is 1. The molecule has 1 aliphatic rings. The minimum absolute atomic E-state index is 0.118. The van der Waals surface area contributed by atoms with E-state index in [4.69, 9.17) is 9.72 Å². The van der Waals surface area contributed by atoms with E-state index in [-0.39, 0.29) is 24.1 Å². The molecular weight excluding hydrogens is 454 g/mol. The number of amides is 1. The molecule has 1 fully saturated rings. The van der Waals surface area contributed by atoms with Gasteiger partial charge >= 0.3 is 0 Å². The van der Waals surface area contributed by atoms with Gasteiger partial charge in [0, 0.05) is 29.9 Å². The number of hydrogen-bond acceptors (Lipinski definition) is 6. The summed E-state index contributed by atoms with van der Waals surface area (Å²) in [4.78, 5) is 37.9. The topological polar surface area (TPSA) is 89.4 Å². The Labute approximate surface area is 209 Å². The summed E-state index contributed by atoms with van der Waals surface area (Å²) in [6, 6.07) is 17.5. The third-order valence-corrected chi connectivity index (χ3v) is 6.14. The molecule has 1 aliphatic carbocycles. The molecule has 2 aromatic carbocycles. The molecule has 5 rings (SSSR count). The molecule has 0 radical (unpaired) electrons. The van der Waals surface area contributed by atoms with Gasteiger partial charge in [0.1, 0.15) is 18.1 Å². The van der Waals surface area contributed by atoms with Crippen molar-refractivity contribution in [3.8, 4) is 28.3 Å². The van der Waals surface area contributed by atoms with Gasteiger partial charge in [-0.3, -0.25) is 14.2 Å². The first-order valence-electron chi connectivity index (χ1n) is 12.0. The molecule has 1 amide bonds. The van der Waals surface area contributed by atoms with Crippen LogP contribution in [0.15, 0.2) is 65.6 Å². The van der Waals surface area contributed by atoms with Crippen LogP contribution >= 0.6 is 0 Å². The predicted molar refractivity (Wildman–Crippen MR) is 140 cm³/mol. The highest BCUT2D eigenvalue weighted by atomic mass is 16.5. The zero-order valence-electron chi connectivity index (χ0n) is 20.7. The first-order valence-corrected chi connectivity index (χ1v) is 12.0. The van der Waals surface area contributed by atoms with Crippen LogP contribution in [0.3, 0.4) is 0 Å². The van der Waals surface area contributed by atoms with Crippen LogP contribution in [0, 0.1) is 0 Å². The van der Waals surface area contributed by atoms with Gasteiger partial charge in [-0.25, -0.2) is 9.97 Å². The lowest BCUT2D eigenvalue weighted by atomic mass is 10.0. The third-order valence-electron chi connectivity index (χ3n) is 6.14. The van der Waals surface area contributed by atoms with Gasteiger partial charge in [0.2, 0.25) is 5.91 Å². The smallest absolute Gasteiger partial charge is 0.263 e. The molecule has 0 spiro atoms. The van der Waals surface area contributed by atoms with Gasteiger partial charge in [-0.2, -0.15) is 0 Å². The Balaban J connectivity index is 1.62. The average Bonchev–Trinajstić information content (AvgIpc) is 3.69. The SMILES string of the molecule is COc1cccc(-c2nc3ncc(-c4cccc(CN(C)C)c4)cc3c(=O)n2CC(=O)NC2CC2)c1. The van der Waals surface area contributed by atoms with Crippen LogP contribution in [0.2, 0.25) is 0 Å². The van der Waals surface area contributed by atoms with E-state index in [0.29, 0.717) is 28.2 Å². The third kappa shape index (κ3) is 5.13. The number of pyridine rings is 1. The minimum atomic E-state index is -0.303. The maximum Gasteiger partial charge on any atom is 0.263 e. The van der Waals surface area contributed by atoms with E-state index in [2.05, 4.69) is 27.3 Å². The molecule has 0 unspecified atom stereocenters. The van der Waals surface area contributed by atoms with Crippen LogP contribution < -0.4 is 15.6 Å². The molecule has 2 heterocycles. The van der Waals surface area contributed by atoms with Crippen molar-refractivity contribution >= 4 is 16.9 Å². The van der Waals surface area contributed by atoms with Gasteiger partial charge < -0.3 is 15.0 Å². The highest BCUT2D eigenvalue weighted by Crippen LogP contribution is 2.26. The molecule has 2 aromatic heterocycles. The van der Waals surface area contributed by atoms with Crippen molar-refractivity contribution in [2.45, 2.75) is 32.0 Å². The number of hydrogen-bond donors (Lipinski definition) is 1. The molecule has 36 heavy (non-hydrogen) atoms. The molecule has 8 heteroatoms. The Hall–Kier alpha value is -4.04. The van der Waals surface area contributed by atoms with Crippen molar-refractivity contribution in [2.24, 2.45) is 0 Å². The van der Waals surface area contributed by atoms with Gasteiger partial charge in [0.05, 0.1) is 12.5 Å². The standard InChI is InChI=1S/C28H29N5O3/c1-32(2)16-18-6-4-7-19(12-18)21-14-24-26(29-15-21)31-27(20-8-5-9-23(13-20)36-3)33(28(24)35)17-25(34)30-22-10-11-22/h4-9,12-15,22H,10-11,16-17H2,1-3H3,(H,30,34). The normalized spacial score (nSPS) is 13.2. The summed E-state index contributed by atoms with van der Waals surface area (Å²) in [5.74, 6) is 0.813. The summed E-state index contributed by atoms with van der Waals surface area (Å²) in [5, 5.41) is 3.34. The summed E-state index contributed by atoms with van der Waals surface area (Å²) in [5.41, 5.74) is 3.67. The fourth-order valence-electron chi connectivity index (χ4n) is 4.25. The maximum absolute atomic E-state index is 13.8. The average molecular weight is 484 g/mol. The van der Waals surface area contributed by atoms with Crippen molar-refractivity contribution in [2.75, 3.05) is 21.2 Å². The Morgan fingerprint density at radius 1 is 1.08 bits per heavy atom. The molecule has 184 valence electrons. The van der Waals surface area contributed by atoms with E-state index in [0.717, 1.165) is 30.5 Å². The van der Waals surface area contributed by atoms with Gasteiger partial charge in [0.15, 0.2) is 5.65 Å². The van der Waals surface area contributed by atoms with Crippen LogP contribution in [0.25, 0.3) is 33.5 Å². The second-order valence-electron chi connectivity index (χ2n) is 9.43. The predicted octanol–water partition coefficient (Wildman–Crippen LogP) is 3.47. The first kappa shape index (κ1) is 23.7. The van der Waals surface area contributed by atoms with Gasteiger partial charge in [-0.05, 0) is 62.3 Å². The molecular formula is C28H29N5O3. The monoisotopic (exact) mass is 483 g/mol. The molecule has 0 atom stereocenters. The Morgan fingerprint density at radius 2 is 1.86 bits per heavy atom. The molecule has 0 bridgehead atoms. The molecule has 0 aliphatic heterocycles. The van der Waals surface area contributed by atoms with Crippen molar-refractivity contribution in [1.82, 2.24) is 24.8 Å². The Bertz CT molecular complexity index is 1490. The maximum atomic E-state index is 13.8. The Kier molecular flexibility index (Phi) is 6.52. The van der Waals surface area contributed by atoms with Gasteiger partial charge in [-0.15, -0.1) is 0 Å². The van der Waals surface area contributed by atoms with E-state index in [9.17, 15) is 9.59 Å². The summed E-state index contributed by atoms with van der Waals surface area (Å²) in [6.07, 6.45) is 3.68. The first-order chi connectivity index (χ1) is 17.4. The molecule has 8 nitrogen and oxygen atoms in total. The summed E-state index contributed by atoms with van der Waals surface area (Å²) >= 11 is 0. The molecule has 4 aromatic rings. The lowest BCUT2D eigenvalue weighted by Crippen LogP contribution is -2.34. The fraction of sp³-hybridized carbons (Fsp3) is 0.286. The summed E-state index contributed by atoms with van der Waals surface area (Å²) in [6.45, 7) is 0.691. The van der Waals surface area contributed by atoms with E-state index >= 15 is 0 Å². The number of carbonyl (C=O) groups is 1. The second-order valence-corrected chi connectivity index (χ2v) is 9.43. The quantitative estimate of drug-likeness (QED) is 0.413. The van der Waals surface area contributed by atoms with Crippen LogP contribution in [-0.2, 0) is 17.9 Å². The highest BCUT2D eigenvalue weighted by Gasteiger charge is 2.24. The van der Waals surface area contributed by atoms with Crippen LogP contribution in [0.1, 0.15) is 18.4 Å². The number of carbonyl (C=O) groups excluding carboxylic acids is 1. The Morgan fingerprint density at radius 3 is 2.61 bits per heavy atom. The number of ether oxygens (including phenoxy) is 1. The van der Waals surface area contributed by atoms with Crippen molar-refractivity contribution in [3.63, 3.8) is 0 Å². The lowest BCUT2D eigenvalue weighted by Gasteiger charge is -2.15. The largest absolute Gasteiger partial charge is 0.497 e. The zero-order chi connectivity index (χ0) is 25.2.